The van der Waals surface area contributed by atoms with Gasteiger partial charge in [0.25, 0.3) is 0 Å². The first-order valence-electron chi connectivity index (χ1n) is 7.63. The van der Waals surface area contributed by atoms with E-state index in [2.05, 4.69) is 9.97 Å². The number of hydrogen-bond acceptors (Lipinski definition) is 2. The molecule has 1 amide bonds. The SMILES string of the molecule is Cc1cc(N2C[C@H](c3nc4ccccc4[nH]3)CC2=O)ccc1Cl. The number of para-hydroxylation sites is 2. The van der Waals surface area contributed by atoms with E-state index in [0.717, 1.165) is 28.1 Å². The minimum Gasteiger partial charge on any atom is -0.342 e. The summed E-state index contributed by atoms with van der Waals surface area (Å²) in [6.45, 7) is 2.59. The van der Waals surface area contributed by atoms with Crippen molar-refractivity contribution in [1.82, 2.24) is 9.97 Å². The molecule has 1 aromatic heterocycles. The zero-order valence-electron chi connectivity index (χ0n) is 12.7. The second-order valence-electron chi connectivity index (χ2n) is 5.98. The number of anilines is 1. The number of rotatable bonds is 2. The number of halogens is 1. The number of imidazole rings is 1. The third-order valence-corrected chi connectivity index (χ3v) is 4.80. The van der Waals surface area contributed by atoms with Crippen LogP contribution >= 0.6 is 11.6 Å². The molecule has 2 heterocycles. The van der Waals surface area contributed by atoms with Crippen LogP contribution in [-0.2, 0) is 4.79 Å². The largest absolute Gasteiger partial charge is 0.342 e. The number of hydrogen-bond donors (Lipinski definition) is 1. The van der Waals surface area contributed by atoms with Crippen molar-refractivity contribution < 1.29 is 4.79 Å². The van der Waals surface area contributed by atoms with Gasteiger partial charge in [-0.05, 0) is 42.8 Å². The van der Waals surface area contributed by atoms with Crippen LogP contribution in [0.4, 0.5) is 5.69 Å². The van der Waals surface area contributed by atoms with Crippen LogP contribution in [0, 0.1) is 6.92 Å². The minimum absolute atomic E-state index is 0.0888. The van der Waals surface area contributed by atoms with Gasteiger partial charge in [0.05, 0.1) is 11.0 Å². The molecule has 0 bridgehead atoms. The van der Waals surface area contributed by atoms with E-state index in [1.165, 1.54) is 0 Å². The second kappa shape index (κ2) is 5.39. The Labute approximate surface area is 139 Å². The van der Waals surface area contributed by atoms with Crippen LogP contribution in [0.2, 0.25) is 5.02 Å². The quantitative estimate of drug-likeness (QED) is 0.773. The van der Waals surface area contributed by atoms with Gasteiger partial charge in [0.15, 0.2) is 0 Å². The first-order chi connectivity index (χ1) is 11.1. The summed E-state index contributed by atoms with van der Waals surface area (Å²) in [6.07, 6.45) is 0.474. The predicted molar refractivity (Wildman–Crippen MR) is 92.0 cm³/mol. The third kappa shape index (κ3) is 2.49. The van der Waals surface area contributed by atoms with Crippen molar-refractivity contribution in [3.8, 4) is 0 Å². The highest BCUT2D eigenvalue weighted by Gasteiger charge is 2.33. The molecular weight excluding hydrogens is 310 g/mol. The lowest BCUT2D eigenvalue weighted by Crippen LogP contribution is -2.24. The molecule has 1 atom stereocenters. The van der Waals surface area contributed by atoms with Crippen molar-refractivity contribution in [3.63, 3.8) is 0 Å². The number of nitrogens with zero attached hydrogens (tertiary/aromatic N) is 2. The van der Waals surface area contributed by atoms with Crippen LogP contribution in [0.5, 0.6) is 0 Å². The molecule has 4 rings (SSSR count). The van der Waals surface area contributed by atoms with Crippen LogP contribution in [0.15, 0.2) is 42.5 Å². The molecule has 1 saturated heterocycles. The average molecular weight is 326 g/mol. The fourth-order valence-corrected chi connectivity index (χ4v) is 3.22. The van der Waals surface area contributed by atoms with E-state index in [0.29, 0.717) is 18.0 Å². The number of benzene rings is 2. The monoisotopic (exact) mass is 325 g/mol. The van der Waals surface area contributed by atoms with Gasteiger partial charge in [-0.15, -0.1) is 0 Å². The molecule has 1 N–H and O–H groups in total. The molecule has 5 heteroatoms. The molecule has 0 aliphatic carbocycles. The zero-order valence-corrected chi connectivity index (χ0v) is 13.5. The van der Waals surface area contributed by atoms with E-state index < -0.39 is 0 Å². The molecule has 2 aromatic carbocycles. The maximum absolute atomic E-state index is 12.4. The molecule has 1 fully saturated rings. The van der Waals surface area contributed by atoms with Gasteiger partial charge in [0.1, 0.15) is 5.82 Å². The first-order valence-corrected chi connectivity index (χ1v) is 8.01. The lowest BCUT2D eigenvalue weighted by Gasteiger charge is -2.17. The van der Waals surface area contributed by atoms with Crippen molar-refractivity contribution in [2.75, 3.05) is 11.4 Å². The van der Waals surface area contributed by atoms with Gasteiger partial charge in [-0.3, -0.25) is 4.79 Å². The van der Waals surface area contributed by atoms with Gasteiger partial charge in [-0.2, -0.15) is 0 Å². The Morgan fingerprint density at radius 1 is 1.26 bits per heavy atom. The molecule has 0 spiro atoms. The number of carbonyl (C=O) groups is 1. The molecule has 116 valence electrons. The number of nitrogens with one attached hydrogen (secondary N) is 1. The average Bonchev–Trinajstić information content (AvgIpc) is 3.13. The predicted octanol–water partition coefficient (Wildman–Crippen LogP) is 4.05. The van der Waals surface area contributed by atoms with Gasteiger partial charge in [0, 0.05) is 29.6 Å². The molecule has 1 aliphatic rings. The smallest absolute Gasteiger partial charge is 0.227 e. The minimum atomic E-state index is 0.0888. The zero-order chi connectivity index (χ0) is 16.0. The Morgan fingerprint density at radius 2 is 2.09 bits per heavy atom. The first kappa shape index (κ1) is 14.3. The van der Waals surface area contributed by atoms with Gasteiger partial charge in [0.2, 0.25) is 5.91 Å². The third-order valence-electron chi connectivity index (χ3n) is 4.37. The summed E-state index contributed by atoms with van der Waals surface area (Å²) in [5, 5.41) is 0.717. The van der Waals surface area contributed by atoms with E-state index in [9.17, 15) is 4.79 Å². The summed E-state index contributed by atoms with van der Waals surface area (Å²) in [5.41, 5.74) is 3.83. The van der Waals surface area contributed by atoms with Crippen LogP contribution in [0.1, 0.15) is 23.7 Å². The van der Waals surface area contributed by atoms with Crippen LogP contribution in [0.3, 0.4) is 0 Å². The number of fused-ring (bicyclic) bond motifs is 1. The van der Waals surface area contributed by atoms with Crippen LogP contribution in [-0.4, -0.2) is 22.4 Å². The Balaban J connectivity index is 1.63. The molecule has 23 heavy (non-hydrogen) atoms. The molecule has 0 saturated carbocycles. The highest BCUT2D eigenvalue weighted by molar-refractivity contribution is 6.31. The number of amides is 1. The standard InChI is InChI=1S/C18H16ClN3O/c1-11-8-13(6-7-14(11)19)22-10-12(9-17(22)23)18-20-15-4-2-3-5-16(15)21-18/h2-8,12H,9-10H2,1H3,(H,20,21)/t12-/m1/s1. The Bertz CT molecular complexity index is 869. The molecule has 0 radical (unpaired) electrons. The normalized spacial score (nSPS) is 18.1. The Morgan fingerprint density at radius 3 is 2.87 bits per heavy atom. The van der Waals surface area contributed by atoms with Gasteiger partial charge >= 0.3 is 0 Å². The topological polar surface area (TPSA) is 49.0 Å². The number of aromatic nitrogens is 2. The van der Waals surface area contributed by atoms with Crippen molar-refractivity contribution in [3.05, 3.63) is 58.9 Å². The lowest BCUT2D eigenvalue weighted by atomic mass is 10.1. The molecule has 1 aliphatic heterocycles. The van der Waals surface area contributed by atoms with E-state index >= 15 is 0 Å². The Kier molecular flexibility index (Phi) is 3.34. The van der Waals surface area contributed by atoms with E-state index in [1.54, 1.807) is 0 Å². The molecule has 4 nitrogen and oxygen atoms in total. The lowest BCUT2D eigenvalue weighted by molar-refractivity contribution is -0.117. The summed E-state index contributed by atoms with van der Waals surface area (Å²) in [6, 6.07) is 13.6. The summed E-state index contributed by atoms with van der Waals surface area (Å²) < 4.78 is 0. The molecule has 3 aromatic rings. The van der Waals surface area contributed by atoms with Crippen molar-refractivity contribution >= 4 is 34.2 Å². The molecular formula is C18H16ClN3O. The van der Waals surface area contributed by atoms with Crippen molar-refractivity contribution in [2.45, 2.75) is 19.3 Å². The van der Waals surface area contributed by atoms with E-state index in [-0.39, 0.29) is 11.8 Å². The van der Waals surface area contributed by atoms with Gasteiger partial charge in [-0.1, -0.05) is 23.7 Å². The van der Waals surface area contributed by atoms with Crippen molar-refractivity contribution in [1.29, 1.82) is 0 Å². The number of aromatic amines is 1. The van der Waals surface area contributed by atoms with Gasteiger partial charge < -0.3 is 9.88 Å². The van der Waals surface area contributed by atoms with E-state index in [4.69, 9.17) is 11.6 Å². The fourth-order valence-electron chi connectivity index (χ4n) is 3.10. The Hall–Kier alpha value is -2.33. The number of H-pyrrole nitrogens is 1. The van der Waals surface area contributed by atoms with Crippen LogP contribution in [0.25, 0.3) is 11.0 Å². The fraction of sp³-hybridized carbons (Fsp3) is 0.222. The van der Waals surface area contributed by atoms with Crippen LogP contribution < -0.4 is 4.90 Å². The van der Waals surface area contributed by atoms with Gasteiger partial charge in [-0.25, -0.2) is 4.98 Å². The number of aryl methyl sites for hydroxylation is 1. The highest BCUT2D eigenvalue weighted by Crippen LogP contribution is 2.32. The number of carbonyl (C=O) groups excluding carboxylic acids is 1. The van der Waals surface area contributed by atoms with E-state index in [1.807, 2.05) is 54.3 Å². The summed E-state index contributed by atoms with van der Waals surface area (Å²) in [7, 11) is 0. The summed E-state index contributed by atoms with van der Waals surface area (Å²) >= 11 is 6.07. The summed E-state index contributed by atoms with van der Waals surface area (Å²) in [5.74, 6) is 1.09. The van der Waals surface area contributed by atoms with Crippen molar-refractivity contribution in [2.24, 2.45) is 0 Å². The molecule has 0 unspecified atom stereocenters. The second-order valence-corrected chi connectivity index (χ2v) is 6.39. The maximum Gasteiger partial charge on any atom is 0.227 e. The maximum atomic E-state index is 12.4. The summed E-state index contributed by atoms with van der Waals surface area (Å²) in [4.78, 5) is 22.2. The highest BCUT2D eigenvalue weighted by atomic mass is 35.5.